The molecule has 6 heteroatoms. The highest BCUT2D eigenvalue weighted by Gasteiger charge is 2.30. The molecule has 0 amide bonds. The summed E-state index contributed by atoms with van der Waals surface area (Å²) in [6.45, 7) is 4.00. The zero-order valence-corrected chi connectivity index (χ0v) is 24.3. The molecule has 0 atom stereocenters. The van der Waals surface area contributed by atoms with E-state index in [0.29, 0.717) is 0 Å². The quantitative estimate of drug-likeness (QED) is 0.164. The lowest BCUT2D eigenvalue weighted by Gasteiger charge is -2.28. The van der Waals surface area contributed by atoms with Gasteiger partial charge in [0.15, 0.2) is 0 Å². The third kappa shape index (κ3) is 4.48. The third-order valence-corrected chi connectivity index (χ3v) is 6.27. The molecule has 0 N–H and O–H groups in total. The molecule has 1 aliphatic rings. The Balaban J connectivity index is 0.00000144. The number of fused-ring (bicyclic) bond motifs is 6. The van der Waals surface area contributed by atoms with Crippen molar-refractivity contribution in [1.29, 1.82) is 0 Å². The summed E-state index contributed by atoms with van der Waals surface area (Å²) in [6, 6.07) is 18.0. The molecule has 4 aromatic rings. The number of benzene rings is 2. The Bertz CT molecular complexity index is 1170. The first-order valence-electron chi connectivity index (χ1n) is 10.9. The van der Waals surface area contributed by atoms with E-state index < -0.39 is 0 Å². The number of hydrogen-bond acceptors (Lipinski definition) is 0. The standard InChI is InChI=1S/C26H34N4.2HI/c1-29(2,3)17-21-19-11-7-9-13-23(19)27-16-26-22(18-30(4,5)6)20-12-8-10-14-24(20)28(26)15-25(21)27;;/h7-14H,15-18H2,1-6H3;2*1H/q+2;;/p-2. The van der Waals surface area contributed by atoms with Crippen LogP contribution in [-0.4, -0.2) is 60.4 Å². The molecular formula is C26H34I2N4. The molecule has 2 aromatic carbocycles. The minimum Gasteiger partial charge on any atom is -1.00 e. The van der Waals surface area contributed by atoms with Crippen LogP contribution in [0.15, 0.2) is 48.5 Å². The smallest absolute Gasteiger partial charge is 0.106 e. The van der Waals surface area contributed by atoms with Crippen molar-refractivity contribution in [2.45, 2.75) is 26.2 Å². The Morgan fingerprint density at radius 2 is 0.938 bits per heavy atom. The van der Waals surface area contributed by atoms with Gasteiger partial charge in [-0.25, -0.2) is 0 Å². The molecule has 0 spiro atoms. The number of quaternary nitrogens is 2. The Labute approximate surface area is 226 Å². The Morgan fingerprint density at radius 3 is 1.28 bits per heavy atom. The summed E-state index contributed by atoms with van der Waals surface area (Å²) in [5.41, 5.74) is 8.74. The molecular weight excluding hydrogens is 622 g/mol. The number of para-hydroxylation sites is 2. The Morgan fingerprint density at radius 1 is 0.594 bits per heavy atom. The Kier molecular flexibility index (Phi) is 7.12. The molecule has 0 fully saturated rings. The van der Waals surface area contributed by atoms with Crippen molar-refractivity contribution in [1.82, 2.24) is 9.13 Å². The van der Waals surface area contributed by atoms with Crippen molar-refractivity contribution < 1.29 is 56.9 Å². The molecule has 3 heterocycles. The lowest BCUT2D eigenvalue weighted by molar-refractivity contribution is -0.883. The van der Waals surface area contributed by atoms with Crippen molar-refractivity contribution in [3.05, 3.63) is 71.0 Å². The maximum absolute atomic E-state index is 2.59. The molecule has 0 aliphatic carbocycles. The molecule has 0 saturated heterocycles. The summed E-state index contributed by atoms with van der Waals surface area (Å²) in [5, 5.41) is 2.84. The maximum Gasteiger partial charge on any atom is 0.106 e. The van der Waals surface area contributed by atoms with Crippen molar-refractivity contribution in [2.75, 3.05) is 42.3 Å². The van der Waals surface area contributed by atoms with E-state index in [1.165, 1.54) is 44.3 Å². The van der Waals surface area contributed by atoms with Crippen LogP contribution in [0, 0.1) is 0 Å². The van der Waals surface area contributed by atoms with Gasteiger partial charge in [0.05, 0.1) is 55.4 Å². The van der Waals surface area contributed by atoms with E-state index in [1.54, 1.807) is 0 Å². The molecule has 32 heavy (non-hydrogen) atoms. The van der Waals surface area contributed by atoms with Gasteiger partial charge in [-0.2, -0.15) is 0 Å². The SMILES string of the molecule is C[N+](C)(C)Cc1c2n(c3ccccc13)Cc1c(C[N+](C)(C)C)c3ccccc3n1C2.[I-].[I-]. The molecule has 0 bridgehead atoms. The number of halogens is 2. The minimum atomic E-state index is 0. The van der Waals surface area contributed by atoms with E-state index in [4.69, 9.17) is 0 Å². The van der Waals surface area contributed by atoms with Crippen LogP contribution in [0.1, 0.15) is 22.5 Å². The predicted molar refractivity (Wildman–Crippen MR) is 126 cm³/mol. The van der Waals surface area contributed by atoms with Crippen LogP contribution in [0.2, 0.25) is 0 Å². The summed E-state index contributed by atoms with van der Waals surface area (Å²) >= 11 is 0. The topological polar surface area (TPSA) is 9.86 Å². The number of nitrogens with zero attached hydrogens (tertiary/aromatic N) is 4. The molecule has 1 aliphatic heterocycles. The van der Waals surface area contributed by atoms with Gasteiger partial charge in [0.1, 0.15) is 13.1 Å². The van der Waals surface area contributed by atoms with Gasteiger partial charge in [-0.15, -0.1) is 0 Å². The fraction of sp³-hybridized carbons (Fsp3) is 0.385. The summed E-state index contributed by atoms with van der Waals surface area (Å²) < 4.78 is 7.06. The second-order valence-electron chi connectivity index (χ2n) is 11.0. The number of aromatic nitrogens is 2. The maximum atomic E-state index is 2.59. The van der Waals surface area contributed by atoms with Crippen LogP contribution in [0.25, 0.3) is 21.8 Å². The van der Waals surface area contributed by atoms with E-state index in [-0.39, 0.29) is 48.0 Å². The highest BCUT2D eigenvalue weighted by Crippen LogP contribution is 2.37. The molecule has 0 unspecified atom stereocenters. The molecule has 5 rings (SSSR count). The normalized spacial score (nSPS) is 13.4. The summed E-state index contributed by atoms with van der Waals surface area (Å²) in [4.78, 5) is 0. The second kappa shape index (κ2) is 8.92. The van der Waals surface area contributed by atoms with Gasteiger partial charge < -0.3 is 66.1 Å². The molecule has 172 valence electrons. The van der Waals surface area contributed by atoms with Crippen LogP contribution < -0.4 is 48.0 Å². The third-order valence-electron chi connectivity index (χ3n) is 6.27. The van der Waals surface area contributed by atoms with Gasteiger partial charge in [-0.05, 0) is 12.1 Å². The molecule has 4 nitrogen and oxygen atoms in total. The average molecular weight is 656 g/mol. The lowest BCUT2D eigenvalue weighted by atomic mass is 10.1. The van der Waals surface area contributed by atoms with Crippen LogP contribution in [-0.2, 0) is 26.2 Å². The van der Waals surface area contributed by atoms with Gasteiger partial charge in [0.25, 0.3) is 0 Å². The van der Waals surface area contributed by atoms with E-state index in [9.17, 15) is 0 Å². The predicted octanol–water partition coefficient (Wildman–Crippen LogP) is -1.57. The lowest BCUT2D eigenvalue weighted by Crippen LogP contribution is -3.00. The molecule has 2 aromatic heterocycles. The summed E-state index contributed by atoms with van der Waals surface area (Å²) in [7, 11) is 13.7. The van der Waals surface area contributed by atoms with Gasteiger partial charge >= 0.3 is 0 Å². The first-order chi connectivity index (χ1) is 14.1. The minimum absolute atomic E-state index is 0. The monoisotopic (exact) mass is 656 g/mol. The van der Waals surface area contributed by atoms with Gasteiger partial charge in [0, 0.05) is 44.3 Å². The van der Waals surface area contributed by atoms with Crippen LogP contribution in [0.4, 0.5) is 0 Å². The first-order valence-corrected chi connectivity index (χ1v) is 10.9. The fourth-order valence-corrected chi connectivity index (χ4v) is 5.18. The number of hydrogen-bond donors (Lipinski definition) is 0. The van der Waals surface area contributed by atoms with Crippen molar-refractivity contribution in [3.8, 4) is 0 Å². The number of rotatable bonds is 4. The average Bonchev–Trinajstić information content (AvgIpc) is 3.12. The van der Waals surface area contributed by atoms with E-state index in [1.807, 2.05) is 0 Å². The van der Waals surface area contributed by atoms with Gasteiger partial charge in [0.2, 0.25) is 0 Å². The van der Waals surface area contributed by atoms with Gasteiger partial charge in [-0.1, -0.05) is 36.4 Å². The van der Waals surface area contributed by atoms with E-state index in [0.717, 1.165) is 35.1 Å². The van der Waals surface area contributed by atoms with E-state index in [2.05, 4.69) is 100.0 Å². The second-order valence-corrected chi connectivity index (χ2v) is 11.0. The summed E-state index contributed by atoms with van der Waals surface area (Å²) in [6.07, 6.45) is 0. The molecule has 0 saturated carbocycles. The zero-order chi connectivity index (χ0) is 21.3. The van der Waals surface area contributed by atoms with Crippen LogP contribution >= 0.6 is 0 Å². The zero-order valence-electron chi connectivity index (χ0n) is 20.0. The largest absolute Gasteiger partial charge is 1.00 e. The van der Waals surface area contributed by atoms with Crippen LogP contribution in [0.3, 0.4) is 0 Å². The van der Waals surface area contributed by atoms with Crippen molar-refractivity contribution in [3.63, 3.8) is 0 Å². The van der Waals surface area contributed by atoms with E-state index >= 15 is 0 Å². The molecule has 0 radical (unpaired) electrons. The summed E-state index contributed by atoms with van der Waals surface area (Å²) in [5.74, 6) is 0. The highest BCUT2D eigenvalue weighted by atomic mass is 127. The van der Waals surface area contributed by atoms with Crippen molar-refractivity contribution >= 4 is 21.8 Å². The first kappa shape index (κ1) is 25.5. The van der Waals surface area contributed by atoms with Crippen LogP contribution in [0.5, 0.6) is 0 Å². The Hall–Kier alpha value is -1.10. The van der Waals surface area contributed by atoms with Gasteiger partial charge in [-0.3, -0.25) is 0 Å². The highest BCUT2D eigenvalue weighted by molar-refractivity contribution is 5.88. The fourth-order valence-electron chi connectivity index (χ4n) is 5.18. The van der Waals surface area contributed by atoms with Crippen molar-refractivity contribution in [2.24, 2.45) is 0 Å².